The first-order valence-electron chi connectivity index (χ1n) is 10.8. The highest BCUT2D eigenvalue weighted by atomic mass is 32.2. The number of carbonyl (C=O) groups is 1. The van der Waals surface area contributed by atoms with Crippen LogP contribution in [0.2, 0.25) is 0 Å². The van der Waals surface area contributed by atoms with E-state index in [1.807, 2.05) is 0 Å². The third kappa shape index (κ3) is 5.54. The van der Waals surface area contributed by atoms with Crippen molar-refractivity contribution in [2.45, 2.75) is 37.4 Å². The number of ether oxygens (including phenoxy) is 2. The fourth-order valence-electron chi connectivity index (χ4n) is 3.91. The van der Waals surface area contributed by atoms with E-state index in [1.165, 1.54) is 22.5 Å². The van der Waals surface area contributed by atoms with Crippen LogP contribution in [0.25, 0.3) is 11.1 Å². The smallest absolute Gasteiger partial charge is 0.387 e. The molecule has 3 aromatic carbocycles. The van der Waals surface area contributed by atoms with Crippen LogP contribution in [0.5, 0.6) is 11.5 Å². The zero-order valence-electron chi connectivity index (χ0n) is 18.7. The fraction of sp³-hybridized carbons (Fsp3) is 0.240. The molecular formula is C25H23F2NO6S. The molecule has 0 unspecified atom stereocenters. The molecule has 1 atom stereocenters. The Kier molecular flexibility index (Phi) is 6.93. The molecule has 0 bridgehead atoms. The van der Waals surface area contributed by atoms with E-state index in [1.54, 1.807) is 55.5 Å². The molecule has 0 saturated heterocycles. The summed E-state index contributed by atoms with van der Waals surface area (Å²) < 4.78 is 64.3. The summed E-state index contributed by atoms with van der Waals surface area (Å²) in [6.07, 6.45) is -0.705. The lowest BCUT2D eigenvalue weighted by atomic mass is 10.0. The second-order valence-electron chi connectivity index (χ2n) is 8.11. The molecule has 0 fully saturated rings. The van der Waals surface area contributed by atoms with Gasteiger partial charge >= 0.3 is 12.6 Å². The third-order valence-corrected chi connectivity index (χ3v) is 7.32. The van der Waals surface area contributed by atoms with Crippen LogP contribution >= 0.6 is 0 Å². The maximum absolute atomic E-state index is 13.7. The van der Waals surface area contributed by atoms with E-state index in [0.29, 0.717) is 11.1 Å². The summed E-state index contributed by atoms with van der Waals surface area (Å²) in [6, 6.07) is 17.5. The zero-order valence-corrected chi connectivity index (χ0v) is 19.5. The Morgan fingerprint density at radius 3 is 2.57 bits per heavy atom. The number of benzene rings is 3. The molecule has 0 aliphatic carbocycles. The van der Waals surface area contributed by atoms with Crippen molar-refractivity contribution >= 4 is 21.7 Å². The number of rotatable bonds is 8. The summed E-state index contributed by atoms with van der Waals surface area (Å²) in [7, 11) is -4.01. The molecule has 1 aliphatic rings. The average molecular weight is 504 g/mol. The Bertz CT molecular complexity index is 1350. The van der Waals surface area contributed by atoms with Crippen LogP contribution in [-0.2, 0) is 14.8 Å². The molecule has 1 aliphatic heterocycles. The molecule has 7 nitrogen and oxygen atoms in total. The van der Waals surface area contributed by atoms with Gasteiger partial charge in [-0.15, -0.1) is 0 Å². The van der Waals surface area contributed by atoms with Crippen LogP contribution in [0.15, 0.2) is 71.6 Å². The number of fused-ring (bicyclic) bond motifs is 1. The molecule has 10 heteroatoms. The largest absolute Gasteiger partial charge is 0.486 e. The summed E-state index contributed by atoms with van der Waals surface area (Å²) in [4.78, 5) is 11.2. The van der Waals surface area contributed by atoms with Crippen molar-refractivity contribution in [2.24, 2.45) is 0 Å². The van der Waals surface area contributed by atoms with Crippen molar-refractivity contribution in [3.63, 3.8) is 0 Å². The Morgan fingerprint density at radius 2 is 1.86 bits per heavy atom. The van der Waals surface area contributed by atoms with Crippen molar-refractivity contribution in [1.82, 2.24) is 0 Å². The molecule has 3 aromatic rings. The number of aryl methyl sites for hydroxylation is 1. The minimum atomic E-state index is -4.01. The number of anilines is 1. The highest BCUT2D eigenvalue weighted by molar-refractivity contribution is 7.92. The van der Waals surface area contributed by atoms with Gasteiger partial charge in [0.15, 0.2) is 0 Å². The van der Waals surface area contributed by atoms with Gasteiger partial charge in [-0.05, 0) is 66.4 Å². The van der Waals surface area contributed by atoms with Gasteiger partial charge < -0.3 is 14.6 Å². The molecule has 4 rings (SSSR count). The molecule has 184 valence electrons. The number of carboxylic acid groups (broad SMARTS) is 1. The van der Waals surface area contributed by atoms with Gasteiger partial charge in [-0.2, -0.15) is 8.78 Å². The summed E-state index contributed by atoms with van der Waals surface area (Å²) in [5.41, 5.74) is 2.16. The van der Waals surface area contributed by atoms with E-state index in [-0.39, 0.29) is 41.5 Å². The molecule has 1 heterocycles. The van der Waals surface area contributed by atoms with E-state index in [0.717, 1.165) is 5.56 Å². The van der Waals surface area contributed by atoms with Crippen molar-refractivity contribution in [3.8, 4) is 22.6 Å². The first-order valence-corrected chi connectivity index (χ1v) is 12.2. The van der Waals surface area contributed by atoms with Crippen molar-refractivity contribution in [2.75, 3.05) is 10.8 Å². The van der Waals surface area contributed by atoms with Gasteiger partial charge in [-0.3, -0.25) is 9.10 Å². The molecule has 35 heavy (non-hydrogen) atoms. The monoisotopic (exact) mass is 503 g/mol. The number of sulfonamides is 1. The maximum atomic E-state index is 13.7. The molecule has 0 amide bonds. The molecule has 0 radical (unpaired) electrons. The van der Waals surface area contributed by atoms with Crippen LogP contribution in [0, 0.1) is 6.92 Å². The lowest BCUT2D eigenvalue weighted by molar-refractivity contribution is -0.137. The summed E-state index contributed by atoms with van der Waals surface area (Å²) in [5, 5.41) is 9.07. The Balaban J connectivity index is 1.77. The molecule has 1 N–H and O–H groups in total. The predicted molar refractivity (Wildman–Crippen MR) is 126 cm³/mol. The third-order valence-electron chi connectivity index (χ3n) is 5.54. The van der Waals surface area contributed by atoms with Crippen LogP contribution in [0.3, 0.4) is 0 Å². The number of hydrogen-bond acceptors (Lipinski definition) is 5. The van der Waals surface area contributed by atoms with E-state index in [2.05, 4.69) is 4.74 Å². The highest BCUT2D eigenvalue weighted by Gasteiger charge is 2.35. The van der Waals surface area contributed by atoms with Gasteiger partial charge in [-0.1, -0.05) is 30.3 Å². The normalized spacial score (nSPS) is 15.4. The first kappa shape index (κ1) is 24.5. The van der Waals surface area contributed by atoms with E-state index < -0.39 is 28.7 Å². The number of aliphatic carboxylic acids is 1. The Morgan fingerprint density at radius 1 is 1.11 bits per heavy atom. The minimum absolute atomic E-state index is 0.0237. The van der Waals surface area contributed by atoms with Crippen molar-refractivity contribution < 1.29 is 36.6 Å². The van der Waals surface area contributed by atoms with Crippen molar-refractivity contribution in [3.05, 3.63) is 72.3 Å². The summed E-state index contributed by atoms with van der Waals surface area (Å²) in [5.74, 6) is -0.746. The minimum Gasteiger partial charge on any atom is -0.486 e. The number of hydrogen-bond donors (Lipinski definition) is 1. The SMILES string of the molecule is Cc1cccc(S(=O)(=O)N2C[C@H](CCC(=O)O)Oc3ccc(-c4cccc(OC(F)F)c4)cc32)c1. The number of alkyl halides is 2. The van der Waals surface area contributed by atoms with E-state index in [9.17, 15) is 22.0 Å². The molecular weight excluding hydrogens is 480 g/mol. The van der Waals surface area contributed by atoms with Crippen LogP contribution in [-0.4, -0.2) is 38.8 Å². The first-order chi connectivity index (χ1) is 16.6. The number of carboxylic acids is 1. The quantitative estimate of drug-likeness (QED) is 0.461. The number of halogens is 2. The average Bonchev–Trinajstić information content (AvgIpc) is 2.81. The summed E-state index contributed by atoms with van der Waals surface area (Å²) in [6.45, 7) is -1.26. The number of nitrogens with zero attached hydrogens (tertiary/aromatic N) is 1. The maximum Gasteiger partial charge on any atom is 0.387 e. The summed E-state index contributed by atoms with van der Waals surface area (Å²) >= 11 is 0. The molecule has 0 saturated carbocycles. The van der Waals surface area contributed by atoms with Crippen LogP contribution < -0.4 is 13.8 Å². The second-order valence-corrected chi connectivity index (χ2v) is 9.98. The van der Waals surface area contributed by atoms with Crippen molar-refractivity contribution in [1.29, 1.82) is 0 Å². The van der Waals surface area contributed by atoms with E-state index in [4.69, 9.17) is 9.84 Å². The fourth-order valence-corrected chi connectivity index (χ4v) is 5.51. The van der Waals surface area contributed by atoms with Gasteiger partial charge in [0.1, 0.15) is 17.6 Å². The van der Waals surface area contributed by atoms with Crippen LogP contribution in [0.1, 0.15) is 18.4 Å². The Labute approximate surface area is 201 Å². The van der Waals surface area contributed by atoms with Gasteiger partial charge in [0.2, 0.25) is 0 Å². The van der Waals surface area contributed by atoms with E-state index >= 15 is 0 Å². The zero-order chi connectivity index (χ0) is 25.2. The topological polar surface area (TPSA) is 93.1 Å². The lowest BCUT2D eigenvalue weighted by Gasteiger charge is -2.35. The molecule has 0 spiro atoms. The molecule has 0 aromatic heterocycles. The Hall–Kier alpha value is -3.66. The van der Waals surface area contributed by atoms with Gasteiger partial charge in [0.05, 0.1) is 17.1 Å². The van der Waals surface area contributed by atoms with Crippen LogP contribution in [0.4, 0.5) is 14.5 Å². The van der Waals surface area contributed by atoms with Gasteiger partial charge in [0.25, 0.3) is 10.0 Å². The highest BCUT2D eigenvalue weighted by Crippen LogP contribution is 2.41. The lowest BCUT2D eigenvalue weighted by Crippen LogP contribution is -2.43. The van der Waals surface area contributed by atoms with Gasteiger partial charge in [-0.25, -0.2) is 8.42 Å². The standard InChI is InChI=1S/C25H23F2NO6S/c1-16-4-2-7-21(12-16)35(31,32)28-15-20(9-11-24(29)30)33-23-10-8-18(14-22(23)28)17-5-3-6-19(13-17)34-25(26)27/h2-8,10,12-14,20,25H,9,11,15H2,1H3,(H,29,30)/t20-/m0/s1. The second kappa shape index (κ2) is 9.91. The van der Waals surface area contributed by atoms with Gasteiger partial charge in [0, 0.05) is 6.42 Å². The predicted octanol–water partition coefficient (Wildman–Crippen LogP) is 5.08.